The van der Waals surface area contributed by atoms with E-state index in [1.807, 2.05) is 13.8 Å². The number of esters is 1. The number of carbonyl (C=O) groups excluding carboxylic acids is 1. The predicted octanol–water partition coefficient (Wildman–Crippen LogP) is 4.51. The molecule has 1 aromatic heterocycles. The zero-order valence-corrected chi connectivity index (χ0v) is 14.9. The summed E-state index contributed by atoms with van der Waals surface area (Å²) >= 11 is 1.28. The number of ether oxygens (including phenoxy) is 1. The summed E-state index contributed by atoms with van der Waals surface area (Å²) in [5, 5.41) is 20.9. The number of hydrogen-bond acceptors (Lipinski definition) is 5. The van der Waals surface area contributed by atoms with Crippen LogP contribution in [-0.4, -0.2) is 23.3 Å². The molecule has 126 valence electrons. The molecule has 0 saturated carbocycles. The molecule has 0 aliphatic carbocycles. The SMILES string of the molecule is CCCCCc1sc(O)c(C(C)(C)CCCC(=O)OC)c1O. The zero-order valence-electron chi connectivity index (χ0n) is 14.1. The Hall–Kier alpha value is -1.23. The van der Waals surface area contributed by atoms with Crippen molar-refractivity contribution in [1.82, 2.24) is 0 Å². The summed E-state index contributed by atoms with van der Waals surface area (Å²) in [6, 6.07) is 0. The molecular formula is C17H28O4S. The number of rotatable bonds is 9. The second-order valence-corrected chi connectivity index (χ2v) is 7.41. The Kier molecular flexibility index (Phi) is 7.20. The van der Waals surface area contributed by atoms with Gasteiger partial charge in [-0.1, -0.05) is 33.6 Å². The molecule has 0 aliphatic rings. The summed E-state index contributed by atoms with van der Waals surface area (Å²) in [4.78, 5) is 12.1. The Morgan fingerprint density at radius 3 is 2.50 bits per heavy atom. The molecule has 22 heavy (non-hydrogen) atoms. The van der Waals surface area contributed by atoms with E-state index in [1.54, 1.807) is 0 Å². The molecule has 4 nitrogen and oxygen atoms in total. The molecule has 0 aliphatic heterocycles. The first-order valence-electron chi connectivity index (χ1n) is 7.94. The Morgan fingerprint density at radius 2 is 1.91 bits per heavy atom. The molecule has 5 heteroatoms. The van der Waals surface area contributed by atoms with Crippen molar-refractivity contribution >= 4 is 17.3 Å². The van der Waals surface area contributed by atoms with E-state index in [2.05, 4.69) is 11.7 Å². The van der Waals surface area contributed by atoms with Gasteiger partial charge in [0, 0.05) is 6.42 Å². The highest BCUT2D eigenvalue weighted by Crippen LogP contribution is 2.48. The molecule has 0 aromatic carbocycles. The van der Waals surface area contributed by atoms with Crippen molar-refractivity contribution in [1.29, 1.82) is 0 Å². The van der Waals surface area contributed by atoms with E-state index in [1.165, 1.54) is 18.4 Å². The van der Waals surface area contributed by atoms with Crippen molar-refractivity contribution in [2.45, 2.75) is 71.1 Å². The molecule has 0 radical (unpaired) electrons. The maximum absolute atomic E-state index is 11.2. The molecule has 0 fully saturated rings. The minimum Gasteiger partial charge on any atom is -0.506 e. The second-order valence-electron chi connectivity index (χ2n) is 6.32. The molecular weight excluding hydrogens is 300 g/mol. The molecule has 1 aromatic rings. The van der Waals surface area contributed by atoms with Gasteiger partial charge in [0.1, 0.15) is 5.75 Å². The summed E-state index contributed by atoms with van der Waals surface area (Å²) in [6.45, 7) is 6.12. The van der Waals surface area contributed by atoms with Crippen LogP contribution in [0.4, 0.5) is 0 Å². The number of thiophene rings is 1. The maximum Gasteiger partial charge on any atom is 0.305 e. The van der Waals surface area contributed by atoms with E-state index in [4.69, 9.17) is 0 Å². The van der Waals surface area contributed by atoms with Crippen molar-refractivity contribution in [2.24, 2.45) is 0 Å². The van der Waals surface area contributed by atoms with Gasteiger partial charge in [-0.05, 0) is 31.1 Å². The van der Waals surface area contributed by atoms with E-state index >= 15 is 0 Å². The van der Waals surface area contributed by atoms with Gasteiger partial charge in [-0.2, -0.15) is 0 Å². The smallest absolute Gasteiger partial charge is 0.305 e. The van der Waals surface area contributed by atoms with E-state index in [9.17, 15) is 15.0 Å². The molecule has 1 heterocycles. The number of unbranched alkanes of at least 4 members (excludes halogenated alkanes) is 2. The van der Waals surface area contributed by atoms with Crippen LogP contribution in [0.25, 0.3) is 0 Å². The topological polar surface area (TPSA) is 66.8 Å². The first-order valence-corrected chi connectivity index (χ1v) is 8.76. The van der Waals surface area contributed by atoms with Crippen molar-refractivity contribution in [3.63, 3.8) is 0 Å². The van der Waals surface area contributed by atoms with Crippen LogP contribution in [0.5, 0.6) is 10.8 Å². The van der Waals surface area contributed by atoms with Gasteiger partial charge in [0.25, 0.3) is 0 Å². The van der Waals surface area contributed by atoms with Crippen LogP contribution in [-0.2, 0) is 21.4 Å². The largest absolute Gasteiger partial charge is 0.506 e. The third-order valence-electron chi connectivity index (χ3n) is 4.03. The maximum atomic E-state index is 11.2. The molecule has 0 amide bonds. The highest BCUT2D eigenvalue weighted by molar-refractivity contribution is 7.14. The predicted molar refractivity (Wildman–Crippen MR) is 89.8 cm³/mol. The van der Waals surface area contributed by atoms with Gasteiger partial charge >= 0.3 is 5.97 Å². The lowest BCUT2D eigenvalue weighted by Gasteiger charge is -2.24. The minimum atomic E-state index is -0.373. The van der Waals surface area contributed by atoms with Crippen LogP contribution in [0, 0.1) is 0 Å². The van der Waals surface area contributed by atoms with Gasteiger partial charge in [-0.3, -0.25) is 4.79 Å². The van der Waals surface area contributed by atoms with Gasteiger partial charge in [0.15, 0.2) is 5.06 Å². The molecule has 0 bridgehead atoms. The molecule has 0 saturated heterocycles. The van der Waals surface area contributed by atoms with E-state index < -0.39 is 0 Å². The quantitative estimate of drug-likeness (QED) is 0.517. The van der Waals surface area contributed by atoms with Gasteiger partial charge in [-0.25, -0.2) is 0 Å². The van der Waals surface area contributed by atoms with Crippen LogP contribution in [0.15, 0.2) is 0 Å². The van der Waals surface area contributed by atoms with E-state index in [0.717, 1.165) is 30.6 Å². The van der Waals surface area contributed by atoms with E-state index in [-0.39, 0.29) is 22.2 Å². The fourth-order valence-corrected chi connectivity index (χ4v) is 3.83. The fraction of sp³-hybridized carbons (Fsp3) is 0.706. The lowest BCUT2D eigenvalue weighted by molar-refractivity contribution is -0.140. The molecule has 0 atom stereocenters. The number of hydrogen-bond donors (Lipinski definition) is 2. The standard InChI is InChI=1S/C17H28O4S/c1-5-6-7-9-12-15(19)14(16(20)22-12)17(2,3)11-8-10-13(18)21-4/h19-20H,5-11H2,1-4H3. The fourth-order valence-electron chi connectivity index (χ4n) is 2.67. The first-order chi connectivity index (χ1) is 10.3. The number of methoxy groups -OCH3 is 1. The van der Waals surface area contributed by atoms with Crippen LogP contribution < -0.4 is 0 Å². The molecule has 1 rings (SSSR count). The molecule has 0 unspecified atom stereocenters. The normalized spacial score (nSPS) is 11.6. The summed E-state index contributed by atoms with van der Waals surface area (Å²) in [7, 11) is 1.38. The monoisotopic (exact) mass is 328 g/mol. The second kappa shape index (κ2) is 8.42. The average molecular weight is 328 g/mol. The van der Waals surface area contributed by atoms with Gasteiger partial charge < -0.3 is 14.9 Å². The molecule has 0 spiro atoms. The highest BCUT2D eigenvalue weighted by atomic mass is 32.1. The minimum absolute atomic E-state index is 0.201. The number of aryl methyl sites for hydroxylation is 1. The average Bonchev–Trinajstić information content (AvgIpc) is 2.74. The van der Waals surface area contributed by atoms with Crippen LogP contribution in [0.2, 0.25) is 0 Å². The third kappa shape index (κ3) is 4.90. The molecule has 2 N–H and O–H groups in total. The Balaban J connectivity index is 2.78. The van der Waals surface area contributed by atoms with Crippen molar-refractivity contribution in [3.8, 4) is 10.8 Å². The number of aromatic hydroxyl groups is 2. The number of carbonyl (C=O) groups is 1. The summed E-state index contributed by atoms with van der Waals surface area (Å²) in [5.74, 6) is 0.0106. The summed E-state index contributed by atoms with van der Waals surface area (Å²) in [6.07, 6.45) is 5.80. The van der Waals surface area contributed by atoms with Crippen LogP contribution in [0.3, 0.4) is 0 Å². The van der Waals surface area contributed by atoms with Crippen molar-refractivity contribution < 1.29 is 19.7 Å². The van der Waals surface area contributed by atoms with E-state index in [0.29, 0.717) is 24.8 Å². The lowest BCUT2D eigenvalue weighted by Crippen LogP contribution is -2.17. The first kappa shape index (κ1) is 18.8. The highest BCUT2D eigenvalue weighted by Gasteiger charge is 2.31. The summed E-state index contributed by atoms with van der Waals surface area (Å²) in [5.41, 5.74) is 0.246. The lowest BCUT2D eigenvalue weighted by atomic mass is 9.80. The van der Waals surface area contributed by atoms with Crippen LogP contribution in [0.1, 0.15) is 69.7 Å². The van der Waals surface area contributed by atoms with Gasteiger partial charge in [0.05, 0.1) is 17.6 Å². The van der Waals surface area contributed by atoms with Crippen molar-refractivity contribution in [3.05, 3.63) is 10.4 Å². The van der Waals surface area contributed by atoms with Gasteiger partial charge in [-0.15, -0.1) is 11.3 Å². The van der Waals surface area contributed by atoms with Crippen molar-refractivity contribution in [2.75, 3.05) is 7.11 Å². The Bertz CT molecular complexity index is 491. The zero-order chi connectivity index (χ0) is 16.8. The third-order valence-corrected chi connectivity index (χ3v) is 5.07. The Morgan fingerprint density at radius 1 is 1.23 bits per heavy atom. The Labute approximate surface area is 137 Å². The summed E-state index contributed by atoms with van der Waals surface area (Å²) < 4.78 is 4.64. The van der Waals surface area contributed by atoms with Gasteiger partial charge in [0.2, 0.25) is 0 Å². The van der Waals surface area contributed by atoms with Crippen LogP contribution >= 0.6 is 11.3 Å².